The topological polar surface area (TPSA) is 50.4 Å². The molecule has 0 atom stereocenters. The third kappa shape index (κ3) is 4.06. The third-order valence-electron chi connectivity index (χ3n) is 2.89. The highest BCUT2D eigenvalue weighted by Crippen LogP contribution is 2.30. The van der Waals surface area contributed by atoms with Crippen molar-refractivity contribution in [2.75, 3.05) is 17.7 Å². The average molecular weight is 399 g/mol. The summed E-state index contributed by atoms with van der Waals surface area (Å²) in [5.74, 6) is -0.373. The van der Waals surface area contributed by atoms with Crippen LogP contribution in [0.1, 0.15) is 22.2 Å². The summed E-state index contributed by atoms with van der Waals surface area (Å²) in [6.07, 6.45) is 0.848. The number of carbonyl (C=O) groups excluding carboxylic acids is 1. The summed E-state index contributed by atoms with van der Waals surface area (Å²) in [7, 11) is 1.37. The maximum Gasteiger partial charge on any atom is 0.340 e. The minimum Gasteiger partial charge on any atom is -0.465 e. The van der Waals surface area contributed by atoms with Crippen LogP contribution in [0.4, 0.5) is 10.7 Å². The van der Waals surface area contributed by atoms with E-state index < -0.39 is 0 Å². The fraction of sp³-hybridized carbons (Fsp3) is 0.200. The molecule has 0 aliphatic rings. The maximum absolute atomic E-state index is 11.8. The van der Waals surface area contributed by atoms with Gasteiger partial charge in [-0.2, -0.15) is 0 Å². The summed E-state index contributed by atoms with van der Waals surface area (Å²) in [5, 5.41) is 7.28. The number of nitrogens with one attached hydrogen (secondary N) is 2. The fourth-order valence-corrected chi connectivity index (χ4v) is 3.44. The molecule has 0 saturated heterocycles. The first-order valence-electron chi connectivity index (χ1n) is 6.58. The number of para-hydroxylation sites is 1. The third-order valence-corrected chi connectivity index (χ3v) is 4.98. The van der Waals surface area contributed by atoms with Crippen LogP contribution in [-0.2, 0) is 11.2 Å². The Bertz CT molecular complexity index is 701. The molecule has 0 bridgehead atoms. The van der Waals surface area contributed by atoms with Crippen molar-refractivity contribution >= 4 is 61.3 Å². The van der Waals surface area contributed by atoms with E-state index in [4.69, 9.17) is 17.0 Å². The summed E-state index contributed by atoms with van der Waals surface area (Å²) in [6.45, 7) is 2.04. The Labute approximate surface area is 147 Å². The number of thiocarbonyl (C=S) groups is 1. The Morgan fingerprint density at radius 3 is 2.73 bits per heavy atom. The van der Waals surface area contributed by atoms with Crippen molar-refractivity contribution in [1.29, 1.82) is 0 Å². The Hall–Kier alpha value is -1.44. The normalized spacial score (nSPS) is 10.1. The lowest BCUT2D eigenvalue weighted by Crippen LogP contribution is -2.20. The number of carbonyl (C=O) groups is 1. The lowest BCUT2D eigenvalue weighted by atomic mass is 10.2. The zero-order valence-corrected chi connectivity index (χ0v) is 15.3. The van der Waals surface area contributed by atoms with Gasteiger partial charge < -0.3 is 15.4 Å². The first-order valence-corrected chi connectivity index (χ1v) is 8.60. The second-order valence-electron chi connectivity index (χ2n) is 4.36. The monoisotopic (exact) mass is 398 g/mol. The molecular formula is C15H15BrN2O2S2. The second-order valence-corrected chi connectivity index (χ2v) is 6.76. The molecule has 0 fully saturated rings. The maximum atomic E-state index is 11.8. The van der Waals surface area contributed by atoms with E-state index in [1.807, 2.05) is 37.3 Å². The van der Waals surface area contributed by atoms with Crippen LogP contribution >= 0.6 is 39.5 Å². The molecule has 1 aromatic heterocycles. The van der Waals surface area contributed by atoms with Crippen LogP contribution in [0.5, 0.6) is 0 Å². The van der Waals surface area contributed by atoms with Crippen LogP contribution in [0.3, 0.4) is 0 Å². The Balaban J connectivity index is 2.16. The number of hydrogen-bond donors (Lipinski definition) is 2. The van der Waals surface area contributed by atoms with E-state index in [-0.39, 0.29) is 5.97 Å². The molecule has 0 aliphatic heterocycles. The number of benzene rings is 1. The van der Waals surface area contributed by atoms with Crippen LogP contribution in [0.15, 0.2) is 34.8 Å². The van der Waals surface area contributed by atoms with Crippen molar-refractivity contribution < 1.29 is 9.53 Å². The van der Waals surface area contributed by atoms with Gasteiger partial charge >= 0.3 is 5.97 Å². The van der Waals surface area contributed by atoms with Gasteiger partial charge in [0.25, 0.3) is 0 Å². The van der Waals surface area contributed by atoms with E-state index >= 15 is 0 Å². The van der Waals surface area contributed by atoms with Gasteiger partial charge in [0.15, 0.2) is 5.11 Å². The van der Waals surface area contributed by atoms with E-state index in [9.17, 15) is 4.79 Å². The standard InChI is InChI=1S/C15H15BrN2O2S2/c1-3-9-8-10(14(19)20-2)13(22-9)18-15(21)17-12-7-5-4-6-11(12)16/h4-8H,3H2,1-2H3,(H2,17,18,21). The first kappa shape index (κ1) is 16.9. The van der Waals surface area contributed by atoms with Crippen LogP contribution < -0.4 is 10.6 Å². The molecule has 0 saturated carbocycles. The predicted octanol–water partition coefficient (Wildman–Crippen LogP) is 4.67. The first-order chi connectivity index (χ1) is 10.5. The Morgan fingerprint density at radius 1 is 1.36 bits per heavy atom. The van der Waals surface area contributed by atoms with Crippen molar-refractivity contribution in [1.82, 2.24) is 0 Å². The summed E-state index contributed by atoms with van der Waals surface area (Å²) in [4.78, 5) is 12.9. The lowest BCUT2D eigenvalue weighted by Gasteiger charge is -2.11. The van der Waals surface area contributed by atoms with Crippen LogP contribution in [0.25, 0.3) is 0 Å². The van der Waals surface area contributed by atoms with Crippen molar-refractivity contribution in [2.45, 2.75) is 13.3 Å². The number of hydrogen-bond acceptors (Lipinski definition) is 4. The zero-order chi connectivity index (χ0) is 16.1. The summed E-state index contributed by atoms with van der Waals surface area (Å²) in [6, 6.07) is 9.50. The molecule has 0 radical (unpaired) electrons. The molecule has 2 N–H and O–H groups in total. The van der Waals surface area contributed by atoms with Crippen LogP contribution in [0.2, 0.25) is 0 Å². The van der Waals surface area contributed by atoms with Gasteiger partial charge in [0.1, 0.15) is 5.00 Å². The average Bonchev–Trinajstić information content (AvgIpc) is 2.91. The van der Waals surface area contributed by atoms with Crippen molar-refractivity contribution in [3.63, 3.8) is 0 Å². The molecule has 0 aliphatic carbocycles. The molecule has 1 heterocycles. The quantitative estimate of drug-likeness (QED) is 0.578. The molecule has 116 valence electrons. The largest absolute Gasteiger partial charge is 0.465 e. The summed E-state index contributed by atoms with van der Waals surface area (Å²) < 4.78 is 5.72. The van der Waals surface area contributed by atoms with Gasteiger partial charge in [0.05, 0.1) is 18.4 Å². The molecule has 1 aromatic carbocycles. The van der Waals surface area contributed by atoms with Gasteiger partial charge in [-0.1, -0.05) is 19.1 Å². The number of thiophene rings is 1. The van der Waals surface area contributed by atoms with E-state index in [1.165, 1.54) is 18.4 Å². The number of rotatable bonds is 4. The molecule has 4 nitrogen and oxygen atoms in total. The number of ether oxygens (including phenoxy) is 1. The Morgan fingerprint density at radius 2 is 2.09 bits per heavy atom. The van der Waals surface area contributed by atoms with Crippen molar-refractivity contribution in [3.05, 3.63) is 45.2 Å². The smallest absolute Gasteiger partial charge is 0.340 e. The van der Waals surface area contributed by atoms with Gasteiger partial charge in [-0.25, -0.2) is 4.79 Å². The summed E-state index contributed by atoms with van der Waals surface area (Å²) in [5.41, 5.74) is 1.35. The number of esters is 1. The van der Waals surface area contributed by atoms with Gasteiger partial charge in [-0.05, 0) is 52.8 Å². The summed E-state index contributed by atoms with van der Waals surface area (Å²) >= 11 is 10.3. The zero-order valence-electron chi connectivity index (χ0n) is 12.1. The fourth-order valence-electron chi connectivity index (χ4n) is 1.79. The number of aryl methyl sites for hydroxylation is 1. The van der Waals surface area contributed by atoms with Crippen molar-refractivity contribution in [3.8, 4) is 0 Å². The second kappa shape index (κ2) is 7.71. The molecule has 0 spiro atoms. The highest BCUT2D eigenvalue weighted by molar-refractivity contribution is 9.10. The van der Waals surface area contributed by atoms with Gasteiger partial charge in [0, 0.05) is 9.35 Å². The molecular weight excluding hydrogens is 384 g/mol. The molecule has 0 amide bonds. The molecule has 7 heteroatoms. The van der Waals surface area contributed by atoms with E-state index in [0.29, 0.717) is 15.7 Å². The van der Waals surface area contributed by atoms with E-state index in [0.717, 1.165) is 21.5 Å². The van der Waals surface area contributed by atoms with Gasteiger partial charge in [-0.15, -0.1) is 11.3 Å². The highest BCUT2D eigenvalue weighted by Gasteiger charge is 2.17. The highest BCUT2D eigenvalue weighted by atomic mass is 79.9. The van der Waals surface area contributed by atoms with Crippen LogP contribution in [-0.4, -0.2) is 18.2 Å². The predicted molar refractivity (Wildman–Crippen MR) is 99.0 cm³/mol. The lowest BCUT2D eigenvalue weighted by molar-refractivity contribution is 0.0602. The minimum atomic E-state index is -0.373. The molecule has 2 aromatic rings. The number of methoxy groups -OCH3 is 1. The number of anilines is 2. The molecule has 2 rings (SSSR count). The SMILES string of the molecule is CCc1cc(C(=O)OC)c(NC(=S)Nc2ccccc2Br)s1. The molecule has 0 unspecified atom stereocenters. The minimum absolute atomic E-state index is 0.373. The van der Waals surface area contributed by atoms with Gasteiger partial charge in [0.2, 0.25) is 0 Å². The number of halogens is 1. The van der Waals surface area contributed by atoms with Crippen molar-refractivity contribution in [2.24, 2.45) is 0 Å². The van der Waals surface area contributed by atoms with Crippen LogP contribution in [0, 0.1) is 0 Å². The van der Waals surface area contributed by atoms with E-state index in [2.05, 4.69) is 26.6 Å². The Kier molecular flexibility index (Phi) is 5.93. The van der Waals surface area contributed by atoms with Gasteiger partial charge in [-0.3, -0.25) is 0 Å². The van der Waals surface area contributed by atoms with E-state index in [1.54, 1.807) is 0 Å². The molecule has 22 heavy (non-hydrogen) atoms.